The van der Waals surface area contributed by atoms with Crippen LogP contribution in [-0.4, -0.2) is 63.9 Å². The molecule has 0 atom stereocenters. The van der Waals surface area contributed by atoms with Crippen LogP contribution in [-0.2, 0) is 21.1 Å². The average molecular weight is 386 g/mol. The van der Waals surface area contributed by atoms with Gasteiger partial charge in [0.05, 0.1) is 26.3 Å². The zero-order valence-electron chi connectivity index (χ0n) is 6.85. The molecule has 0 aliphatic rings. The molecule has 0 radical (unpaired) electrons. The Kier molecular flexibility index (Phi) is 215. The van der Waals surface area contributed by atoms with E-state index in [0.717, 1.165) is 0 Å². The van der Waals surface area contributed by atoms with Crippen LogP contribution in [0.15, 0.2) is 0 Å². The summed E-state index contributed by atoms with van der Waals surface area (Å²) in [6.07, 6.45) is 0. The molecule has 0 amide bonds. The fourth-order valence-corrected chi connectivity index (χ4v) is 0.327. The van der Waals surface area contributed by atoms with Gasteiger partial charge in [0.2, 0.25) is 0 Å². The van der Waals surface area contributed by atoms with Gasteiger partial charge in [-0.15, -0.1) is 0 Å². The van der Waals surface area contributed by atoms with Gasteiger partial charge in [0.15, 0.2) is 0 Å². The quantitative estimate of drug-likeness (QED) is 0.418. The molecule has 0 heterocycles. The van der Waals surface area contributed by atoms with Gasteiger partial charge in [0, 0.05) is 0 Å². The van der Waals surface area contributed by atoms with E-state index in [1.807, 2.05) is 5.32 Å². The van der Waals surface area contributed by atoms with Crippen LogP contribution in [0.5, 0.6) is 0 Å². The Morgan fingerprint density at radius 1 is 0.692 bits per heavy atom. The predicted molar refractivity (Wildman–Crippen MR) is 35.5 cm³/mol. The van der Waals surface area contributed by atoms with Crippen LogP contribution >= 0.6 is 0 Å². The minimum Gasteiger partial charge on any atom is -0.870 e. The van der Waals surface area contributed by atoms with Crippen molar-refractivity contribution in [1.82, 2.24) is 0 Å². The monoisotopic (exact) mass is 386 g/mol. The van der Waals surface area contributed by atoms with E-state index in [2.05, 4.69) is 0 Å². The number of hydrogen-bond donors (Lipinski definition) is 3. The maximum absolute atomic E-state index is 8.18. The molecular weight excluding hydrogens is 369 g/mol. The molecule has 0 unspecified atom stereocenters. The largest absolute Gasteiger partial charge is 4.00 e. The van der Waals surface area contributed by atoms with Crippen molar-refractivity contribution in [2.45, 2.75) is 0 Å². The van der Waals surface area contributed by atoms with Crippen LogP contribution in [0.3, 0.4) is 0 Å². The smallest absolute Gasteiger partial charge is 0.870 e. The second-order valence-electron chi connectivity index (χ2n) is 1.31. The number of nitrogens with two attached hydrogens (primary N) is 1. The van der Waals surface area contributed by atoms with E-state index in [9.17, 15) is 0 Å². The number of aliphatic hydroxyl groups excluding tert-OH is 2. The van der Waals surface area contributed by atoms with Crippen LogP contribution in [0.4, 0.5) is 0 Å². The third kappa shape index (κ3) is 69.7. The molecule has 0 aromatic rings. The Labute approximate surface area is 90.8 Å². The zero-order chi connectivity index (χ0) is 5.54. The summed E-state index contributed by atoms with van der Waals surface area (Å²) in [6.45, 7) is 1.78. The summed E-state index contributed by atoms with van der Waals surface area (Å²) in [6, 6.07) is 0. The van der Waals surface area contributed by atoms with Crippen LogP contribution in [0.25, 0.3) is 0 Å². The molecule has 9 N–H and O–H groups in total. The molecule has 0 aliphatic heterocycles. The van der Waals surface area contributed by atoms with E-state index in [0.29, 0.717) is 13.1 Å². The van der Waals surface area contributed by atoms with Crippen LogP contribution in [0.1, 0.15) is 0 Å². The van der Waals surface area contributed by atoms with Gasteiger partial charge in [-0.05, 0) is 0 Å². The Bertz CT molecular complexity index is 39.7. The summed E-state index contributed by atoms with van der Waals surface area (Å²) in [7, 11) is 0. The van der Waals surface area contributed by atoms with Crippen LogP contribution in [0, 0.1) is 0 Å². The van der Waals surface area contributed by atoms with Crippen molar-refractivity contribution < 1.29 is 64.0 Å². The first-order valence-corrected chi connectivity index (χ1v) is 2.45. The van der Waals surface area contributed by atoms with Gasteiger partial charge in [-0.3, -0.25) is 0 Å². The molecule has 0 spiro atoms. The summed E-state index contributed by atoms with van der Waals surface area (Å²) in [4.78, 5) is 0. The fraction of sp³-hybridized carbons (Fsp3) is 1.00. The Hall–Kier alpha value is 0.368. The van der Waals surface area contributed by atoms with Gasteiger partial charge in [0.1, 0.15) is 0 Å². The Morgan fingerprint density at radius 2 is 0.923 bits per heavy atom. The normalized spacial score (nSPS) is 5.08. The molecule has 0 saturated carbocycles. The molecule has 8 nitrogen and oxygen atoms in total. The van der Waals surface area contributed by atoms with Gasteiger partial charge >= 0.3 is 21.1 Å². The fourth-order valence-electron chi connectivity index (χ4n) is 0.327. The van der Waals surface area contributed by atoms with E-state index >= 15 is 0 Å². The molecule has 0 saturated heterocycles. The standard InChI is InChI=1S/C4H11NO2.5H2O.Pt/c6-3-1-5-2-4-7;;;;;;/h5-7H,1-4H2;5*1H2;/q;;;;;;+4/p-4. The van der Waals surface area contributed by atoms with Crippen molar-refractivity contribution in [3.8, 4) is 0 Å². The second kappa shape index (κ2) is 55.5. The average Bonchev–Trinajstić information content (AvgIpc) is 1.69. The topological polar surface area (TPSA) is 207 Å². The van der Waals surface area contributed by atoms with Crippen molar-refractivity contribution in [1.29, 1.82) is 0 Å². The molecule has 0 fully saturated rings. The molecule has 9 heteroatoms. The SMILES string of the molecule is OCC[NH2+]CCO.[OH-].[OH-].[OH-].[OH-].[OH-].[Pt+4]. The van der Waals surface area contributed by atoms with Crippen molar-refractivity contribution in [3.05, 3.63) is 0 Å². The van der Waals surface area contributed by atoms with E-state index in [4.69, 9.17) is 10.2 Å². The van der Waals surface area contributed by atoms with Gasteiger partial charge in [-0.1, -0.05) is 0 Å². The van der Waals surface area contributed by atoms with Crippen molar-refractivity contribution in [3.63, 3.8) is 0 Å². The summed E-state index contributed by atoms with van der Waals surface area (Å²) in [5, 5.41) is 18.2. The molecule has 0 bridgehead atoms. The molecule has 0 aromatic carbocycles. The first-order valence-electron chi connectivity index (χ1n) is 2.45. The van der Waals surface area contributed by atoms with Gasteiger partial charge in [-0.2, -0.15) is 0 Å². The van der Waals surface area contributed by atoms with E-state index < -0.39 is 0 Å². The predicted octanol–water partition coefficient (Wildman–Crippen LogP) is -3.35. The zero-order valence-corrected chi connectivity index (χ0v) is 9.12. The number of hydrogen-bond acceptors (Lipinski definition) is 7. The van der Waals surface area contributed by atoms with Gasteiger partial charge in [-0.25, -0.2) is 0 Å². The molecular formula is C4H17NO7Pt. The summed E-state index contributed by atoms with van der Waals surface area (Å²) >= 11 is 0. The van der Waals surface area contributed by atoms with E-state index in [-0.39, 0.29) is 61.7 Å². The second-order valence-corrected chi connectivity index (χ2v) is 1.31. The van der Waals surface area contributed by atoms with Crippen LogP contribution < -0.4 is 5.32 Å². The maximum atomic E-state index is 8.18. The summed E-state index contributed by atoms with van der Waals surface area (Å²) in [5.41, 5.74) is 0. The third-order valence-electron chi connectivity index (χ3n) is 0.666. The first kappa shape index (κ1) is 50.4. The maximum Gasteiger partial charge on any atom is 4.00 e. The van der Waals surface area contributed by atoms with E-state index in [1.54, 1.807) is 0 Å². The first-order chi connectivity index (χ1) is 3.41. The third-order valence-corrected chi connectivity index (χ3v) is 0.666. The molecule has 13 heavy (non-hydrogen) atoms. The van der Waals surface area contributed by atoms with E-state index in [1.165, 1.54) is 0 Å². The van der Waals surface area contributed by atoms with Gasteiger partial charge in [0.25, 0.3) is 0 Å². The number of rotatable bonds is 4. The van der Waals surface area contributed by atoms with Crippen LogP contribution in [0.2, 0.25) is 0 Å². The minimum atomic E-state index is 0. The Morgan fingerprint density at radius 3 is 1.08 bits per heavy atom. The molecule has 90 valence electrons. The number of quaternary nitrogens is 1. The summed E-state index contributed by atoms with van der Waals surface area (Å²) < 4.78 is 0. The minimum absolute atomic E-state index is 0. The molecule has 0 aromatic heterocycles. The molecule has 0 rings (SSSR count). The Balaban J connectivity index is -0.0000000120. The summed E-state index contributed by atoms with van der Waals surface area (Å²) in [5.74, 6) is 0. The van der Waals surface area contributed by atoms with Crippen molar-refractivity contribution in [2.24, 2.45) is 0 Å². The number of aliphatic hydroxyl groups is 2. The molecule has 0 aliphatic carbocycles. The van der Waals surface area contributed by atoms with Gasteiger partial charge < -0.3 is 42.9 Å². The van der Waals surface area contributed by atoms with Crippen molar-refractivity contribution in [2.75, 3.05) is 26.3 Å². The van der Waals surface area contributed by atoms with Crippen molar-refractivity contribution >= 4 is 0 Å².